The first kappa shape index (κ1) is 14.1. The molecule has 0 aliphatic rings. The van der Waals surface area contributed by atoms with Crippen LogP contribution in [0.3, 0.4) is 0 Å². The Morgan fingerprint density at radius 1 is 1.08 bits per heavy atom. The molecule has 4 heterocycles. The van der Waals surface area contributed by atoms with Crippen molar-refractivity contribution in [3.05, 3.63) is 71.4 Å². The summed E-state index contributed by atoms with van der Waals surface area (Å²) in [6, 6.07) is 13.4. The summed E-state index contributed by atoms with van der Waals surface area (Å²) in [7, 11) is 0. The smallest absolute Gasteiger partial charge is 0.260 e. The molecule has 0 bridgehead atoms. The van der Waals surface area contributed by atoms with E-state index in [-0.39, 0.29) is 5.56 Å². The van der Waals surface area contributed by atoms with Crippen molar-refractivity contribution in [2.24, 2.45) is 0 Å². The minimum atomic E-state index is -0.130. The van der Waals surface area contributed by atoms with Crippen LogP contribution < -0.4 is 5.56 Å². The van der Waals surface area contributed by atoms with Crippen LogP contribution in [0.1, 0.15) is 0 Å². The van der Waals surface area contributed by atoms with Crippen molar-refractivity contribution >= 4 is 31.6 Å². The first-order chi connectivity index (χ1) is 12.3. The van der Waals surface area contributed by atoms with Crippen molar-refractivity contribution in [2.45, 2.75) is 0 Å². The van der Waals surface area contributed by atoms with Gasteiger partial charge in [0.05, 0.1) is 5.39 Å². The lowest BCUT2D eigenvalue weighted by atomic mass is 10.2. The highest BCUT2D eigenvalue weighted by Gasteiger charge is 2.12. The van der Waals surface area contributed by atoms with Crippen LogP contribution in [0, 0.1) is 0 Å². The van der Waals surface area contributed by atoms with Gasteiger partial charge in [0.15, 0.2) is 5.82 Å². The van der Waals surface area contributed by atoms with Gasteiger partial charge in [-0.05, 0) is 24.3 Å². The van der Waals surface area contributed by atoms with Crippen LogP contribution in [0.4, 0.5) is 0 Å². The lowest BCUT2D eigenvalue weighted by Gasteiger charge is -2.04. The zero-order chi connectivity index (χ0) is 16.8. The van der Waals surface area contributed by atoms with E-state index in [2.05, 4.69) is 20.1 Å². The highest BCUT2D eigenvalue weighted by Crippen LogP contribution is 2.31. The second-order valence-corrected chi connectivity index (χ2v) is 6.58. The summed E-state index contributed by atoms with van der Waals surface area (Å²) in [6.45, 7) is 0. The molecule has 0 aliphatic carbocycles. The maximum absolute atomic E-state index is 12.6. The molecule has 5 aromatic rings. The number of pyridine rings is 1. The van der Waals surface area contributed by atoms with E-state index in [9.17, 15) is 4.79 Å². The van der Waals surface area contributed by atoms with Crippen molar-refractivity contribution in [2.75, 3.05) is 0 Å². The van der Waals surface area contributed by atoms with Crippen LogP contribution in [0.5, 0.6) is 0 Å². The van der Waals surface area contributed by atoms with Gasteiger partial charge in [-0.2, -0.15) is 5.10 Å². The number of hydrogen-bond acceptors (Lipinski definition) is 5. The highest BCUT2D eigenvalue weighted by molar-refractivity contribution is 7.25. The Morgan fingerprint density at radius 3 is 2.88 bits per heavy atom. The predicted molar refractivity (Wildman–Crippen MR) is 98.1 cm³/mol. The van der Waals surface area contributed by atoms with Gasteiger partial charge in [0.1, 0.15) is 10.7 Å². The Bertz CT molecular complexity index is 1270. The van der Waals surface area contributed by atoms with Gasteiger partial charge in [0.2, 0.25) is 0 Å². The number of nitrogens with zero attached hydrogens (tertiary/aromatic N) is 4. The molecule has 7 heteroatoms. The molecule has 5 rings (SSSR count). The molecule has 0 unspecified atom stereocenters. The second kappa shape index (κ2) is 5.35. The van der Waals surface area contributed by atoms with E-state index in [1.165, 1.54) is 11.3 Å². The Balaban J connectivity index is 1.72. The summed E-state index contributed by atoms with van der Waals surface area (Å²) in [5.41, 5.74) is 0.659. The van der Waals surface area contributed by atoms with E-state index < -0.39 is 0 Å². The number of nitrogens with one attached hydrogen (secondary N) is 1. The number of aromatic amines is 1. The summed E-state index contributed by atoms with van der Waals surface area (Å²) in [6.07, 6.45) is 5.19. The lowest BCUT2D eigenvalue weighted by Crippen LogP contribution is -2.08. The van der Waals surface area contributed by atoms with E-state index in [1.807, 2.05) is 48.7 Å². The molecule has 4 aromatic heterocycles. The van der Waals surface area contributed by atoms with Gasteiger partial charge in [-0.15, -0.1) is 11.3 Å². The number of H-pyrrole nitrogens is 1. The van der Waals surface area contributed by atoms with Crippen molar-refractivity contribution in [1.82, 2.24) is 24.7 Å². The van der Waals surface area contributed by atoms with Gasteiger partial charge < -0.3 is 4.98 Å². The molecule has 0 radical (unpaired) electrons. The van der Waals surface area contributed by atoms with Gasteiger partial charge in [-0.25, -0.2) is 14.6 Å². The van der Waals surface area contributed by atoms with Crippen LogP contribution in [0.25, 0.3) is 37.5 Å². The quantitative estimate of drug-likeness (QED) is 0.532. The van der Waals surface area contributed by atoms with Gasteiger partial charge >= 0.3 is 0 Å². The number of rotatable bonds is 2. The van der Waals surface area contributed by atoms with Gasteiger partial charge in [0.25, 0.3) is 5.56 Å². The van der Waals surface area contributed by atoms with Crippen LogP contribution in [0.15, 0.2) is 65.8 Å². The minimum absolute atomic E-state index is 0.130. The molecular formula is C18H11N5OS. The zero-order valence-corrected chi connectivity index (χ0v) is 13.7. The van der Waals surface area contributed by atoms with Gasteiger partial charge in [-0.3, -0.25) is 4.79 Å². The zero-order valence-electron chi connectivity index (χ0n) is 12.9. The summed E-state index contributed by atoms with van der Waals surface area (Å²) >= 11 is 1.52. The van der Waals surface area contributed by atoms with Crippen molar-refractivity contribution in [3.8, 4) is 17.2 Å². The van der Waals surface area contributed by atoms with Crippen LogP contribution in [-0.2, 0) is 0 Å². The maximum atomic E-state index is 12.6. The van der Waals surface area contributed by atoms with Crippen LogP contribution in [0.2, 0.25) is 0 Å². The summed E-state index contributed by atoms with van der Waals surface area (Å²) in [4.78, 5) is 25.3. The van der Waals surface area contributed by atoms with Crippen molar-refractivity contribution < 1.29 is 0 Å². The maximum Gasteiger partial charge on any atom is 0.260 e. The largest absolute Gasteiger partial charge is 0.306 e. The van der Waals surface area contributed by atoms with Gasteiger partial charge in [0, 0.05) is 34.2 Å². The normalized spacial score (nSPS) is 11.4. The second-order valence-electron chi connectivity index (χ2n) is 5.55. The van der Waals surface area contributed by atoms with Crippen molar-refractivity contribution in [1.29, 1.82) is 0 Å². The Hall–Kier alpha value is -3.32. The fourth-order valence-electron chi connectivity index (χ4n) is 2.86. The number of aromatic nitrogens is 5. The Labute approximate surface area is 145 Å². The molecule has 1 N–H and O–H groups in total. The Morgan fingerprint density at radius 2 is 2.00 bits per heavy atom. The minimum Gasteiger partial charge on any atom is -0.306 e. The first-order valence-electron chi connectivity index (χ1n) is 7.67. The van der Waals surface area contributed by atoms with E-state index in [0.29, 0.717) is 17.0 Å². The lowest BCUT2D eigenvalue weighted by molar-refractivity contribution is 0.847. The third kappa shape index (κ3) is 2.25. The molecule has 0 atom stereocenters. The monoisotopic (exact) mass is 345 g/mol. The fourth-order valence-corrected chi connectivity index (χ4v) is 3.94. The number of benzene rings is 1. The predicted octanol–water partition coefficient (Wildman–Crippen LogP) is 3.39. The standard InChI is InChI=1S/C18H11N5OS/c24-17-15-12-4-1-2-5-13(12)25-18(15)22-16(21-17)11-6-8-19-14(10-11)23-9-3-7-20-23/h1-10H,(H,21,22,24). The molecular weight excluding hydrogens is 334 g/mol. The van der Waals surface area contributed by atoms with E-state index in [1.54, 1.807) is 17.1 Å². The molecule has 6 nitrogen and oxygen atoms in total. The molecule has 120 valence electrons. The number of thiophene rings is 1. The molecule has 0 fully saturated rings. The third-order valence-corrected chi connectivity index (χ3v) is 5.07. The molecule has 25 heavy (non-hydrogen) atoms. The van der Waals surface area contributed by atoms with Crippen molar-refractivity contribution in [3.63, 3.8) is 0 Å². The molecule has 1 aromatic carbocycles. The molecule has 0 amide bonds. The highest BCUT2D eigenvalue weighted by atomic mass is 32.1. The van der Waals surface area contributed by atoms with Gasteiger partial charge in [-0.1, -0.05) is 18.2 Å². The first-order valence-corrected chi connectivity index (χ1v) is 8.49. The molecule has 0 saturated carbocycles. The van der Waals surface area contributed by atoms with Crippen LogP contribution >= 0.6 is 11.3 Å². The van der Waals surface area contributed by atoms with E-state index >= 15 is 0 Å². The number of fused-ring (bicyclic) bond motifs is 3. The Kier molecular flexibility index (Phi) is 3.01. The number of hydrogen-bond donors (Lipinski definition) is 1. The summed E-state index contributed by atoms with van der Waals surface area (Å²) in [5.74, 6) is 1.20. The summed E-state index contributed by atoms with van der Waals surface area (Å²) in [5, 5.41) is 5.77. The van der Waals surface area contributed by atoms with E-state index in [4.69, 9.17) is 0 Å². The average Bonchev–Trinajstić information content (AvgIpc) is 3.29. The molecule has 0 aliphatic heterocycles. The van der Waals surface area contributed by atoms with Crippen LogP contribution in [-0.4, -0.2) is 24.7 Å². The van der Waals surface area contributed by atoms with E-state index in [0.717, 1.165) is 20.5 Å². The molecule has 0 saturated heterocycles. The topological polar surface area (TPSA) is 76.5 Å². The fraction of sp³-hybridized carbons (Fsp3) is 0. The summed E-state index contributed by atoms with van der Waals surface area (Å²) < 4.78 is 2.72. The molecule has 0 spiro atoms. The SMILES string of the molecule is O=c1[nH]c(-c2ccnc(-n3cccn3)c2)nc2sc3ccccc3c12. The third-order valence-electron chi connectivity index (χ3n) is 4.01. The average molecular weight is 345 g/mol.